The first-order valence-corrected chi connectivity index (χ1v) is 9.00. The number of aliphatic carboxylic acids is 1. The maximum absolute atomic E-state index is 10.9. The first-order valence-electron chi connectivity index (χ1n) is 7.84. The fourth-order valence-corrected chi connectivity index (χ4v) is 5.40. The van der Waals surface area contributed by atoms with Gasteiger partial charge in [-0.3, -0.25) is 9.69 Å². The standard InChI is InChI=1S/C15H25NO3S/c17-14(18)8-12-2-1-5-16(10-12)13-3-6-19-15(9-13)4-7-20-11-15/h12-13H,1-11H2,(H,17,18). The van der Waals surface area contributed by atoms with E-state index in [0.717, 1.165) is 51.1 Å². The minimum atomic E-state index is -0.646. The van der Waals surface area contributed by atoms with E-state index in [4.69, 9.17) is 9.84 Å². The quantitative estimate of drug-likeness (QED) is 0.866. The van der Waals surface area contributed by atoms with Crippen molar-refractivity contribution in [3.63, 3.8) is 0 Å². The van der Waals surface area contributed by atoms with Crippen LogP contribution in [0.25, 0.3) is 0 Å². The number of carbonyl (C=O) groups is 1. The molecular weight excluding hydrogens is 274 g/mol. The van der Waals surface area contributed by atoms with Crippen LogP contribution >= 0.6 is 11.8 Å². The molecule has 0 radical (unpaired) electrons. The predicted molar refractivity (Wildman–Crippen MR) is 80.2 cm³/mol. The molecule has 0 aromatic heterocycles. The van der Waals surface area contributed by atoms with Crippen LogP contribution in [0.1, 0.15) is 38.5 Å². The Hall–Kier alpha value is -0.260. The average molecular weight is 299 g/mol. The van der Waals surface area contributed by atoms with Crippen LogP contribution in [0.5, 0.6) is 0 Å². The molecule has 20 heavy (non-hydrogen) atoms. The molecule has 4 nitrogen and oxygen atoms in total. The number of ether oxygens (including phenoxy) is 1. The summed E-state index contributed by atoms with van der Waals surface area (Å²) in [5.41, 5.74) is 0.132. The van der Waals surface area contributed by atoms with Gasteiger partial charge in [0.25, 0.3) is 0 Å². The van der Waals surface area contributed by atoms with Crippen LogP contribution in [0.15, 0.2) is 0 Å². The van der Waals surface area contributed by atoms with Gasteiger partial charge in [-0.15, -0.1) is 0 Å². The molecule has 0 aromatic rings. The van der Waals surface area contributed by atoms with Crippen molar-refractivity contribution < 1.29 is 14.6 Å². The zero-order chi connectivity index (χ0) is 14.0. The minimum absolute atomic E-state index is 0.132. The normalized spacial score (nSPS) is 39.2. The van der Waals surface area contributed by atoms with Crippen LogP contribution in [0.4, 0.5) is 0 Å². The Morgan fingerprint density at radius 2 is 2.35 bits per heavy atom. The number of nitrogens with zero attached hydrogens (tertiary/aromatic N) is 1. The number of hydrogen-bond donors (Lipinski definition) is 1. The highest BCUT2D eigenvalue weighted by molar-refractivity contribution is 7.99. The van der Waals surface area contributed by atoms with Gasteiger partial charge < -0.3 is 9.84 Å². The third kappa shape index (κ3) is 3.31. The number of rotatable bonds is 3. The number of carboxylic acids is 1. The second-order valence-electron chi connectivity index (χ2n) is 6.58. The van der Waals surface area contributed by atoms with E-state index in [-0.39, 0.29) is 5.60 Å². The minimum Gasteiger partial charge on any atom is -0.481 e. The van der Waals surface area contributed by atoms with Gasteiger partial charge in [0.1, 0.15) is 0 Å². The van der Waals surface area contributed by atoms with Crippen LogP contribution in [0.2, 0.25) is 0 Å². The molecular formula is C15H25NO3S. The van der Waals surface area contributed by atoms with Gasteiger partial charge in [-0.1, -0.05) is 0 Å². The summed E-state index contributed by atoms with van der Waals surface area (Å²) >= 11 is 2.02. The molecule has 0 saturated carbocycles. The summed E-state index contributed by atoms with van der Waals surface area (Å²) in [6.07, 6.45) is 6.03. The lowest BCUT2D eigenvalue weighted by Crippen LogP contribution is -2.51. The van der Waals surface area contributed by atoms with E-state index in [1.807, 2.05) is 11.8 Å². The van der Waals surface area contributed by atoms with Gasteiger partial charge in [-0.25, -0.2) is 0 Å². The highest BCUT2D eigenvalue weighted by atomic mass is 32.2. The molecule has 3 aliphatic rings. The molecule has 3 unspecified atom stereocenters. The lowest BCUT2D eigenvalue weighted by Gasteiger charge is -2.45. The molecule has 114 valence electrons. The highest BCUT2D eigenvalue weighted by Crippen LogP contribution is 2.40. The third-order valence-electron chi connectivity index (χ3n) is 5.06. The summed E-state index contributed by atoms with van der Waals surface area (Å²) in [7, 11) is 0. The Bertz CT molecular complexity index is 357. The molecule has 3 rings (SSSR count). The lowest BCUT2D eigenvalue weighted by atomic mass is 9.86. The van der Waals surface area contributed by atoms with Gasteiger partial charge in [-0.2, -0.15) is 11.8 Å². The summed E-state index contributed by atoms with van der Waals surface area (Å²) in [4.78, 5) is 13.5. The molecule has 1 N–H and O–H groups in total. The zero-order valence-electron chi connectivity index (χ0n) is 12.1. The SMILES string of the molecule is O=C(O)CC1CCCN(C2CCOC3(CCSC3)C2)C1. The van der Waals surface area contributed by atoms with Crippen LogP contribution in [-0.2, 0) is 9.53 Å². The van der Waals surface area contributed by atoms with E-state index >= 15 is 0 Å². The van der Waals surface area contributed by atoms with E-state index < -0.39 is 5.97 Å². The van der Waals surface area contributed by atoms with Crippen molar-refractivity contribution in [1.82, 2.24) is 4.90 Å². The van der Waals surface area contributed by atoms with Crippen molar-refractivity contribution in [2.75, 3.05) is 31.2 Å². The van der Waals surface area contributed by atoms with E-state index in [2.05, 4.69) is 4.90 Å². The summed E-state index contributed by atoms with van der Waals surface area (Å²) in [5.74, 6) is 2.08. The summed E-state index contributed by atoms with van der Waals surface area (Å²) in [5, 5.41) is 8.99. The van der Waals surface area contributed by atoms with Crippen molar-refractivity contribution >= 4 is 17.7 Å². The van der Waals surface area contributed by atoms with Crippen LogP contribution in [0, 0.1) is 5.92 Å². The van der Waals surface area contributed by atoms with Gasteiger partial charge in [0.15, 0.2) is 0 Å². The lowest BCUT2D eigenvalue weighted by molar-refractivity contribution is -0.139. The van der Waals surface area contributed by atoms with Gasteiger partial charge in [0.2, 0.25) is 0 Å². The summed E-state index contributed by atoms with van der Waals surface area (Å²) in [6.45, 7) is 3.00. The van der Waals surface area contributed by atoms with E-state index in [1.54, 1.807) is 0 Å². The molecule has 0 aliphatic carbocycles. The number of piperidine rings is 1. The molecule has 0 bridgehead atoms. The Labute approximate surface area is 125 Å². The number of carboxylic acid groups (broad SMARTS) is 1. The Morgan fingerprint density at radius 1 is 1.45 bits per heavy atom. The van der Waals surface area contributed by atoms with Gasteiger partial charge >= 0.3 is 5.97 Å². The van der Waals surface area contributed by atoms with Crippen LogP contribution in [0.3, 0.4) is 0 Å². The molecule has 3 fully saturated rings. The number of likely N-dealkylation sites (tertiary alicyclic amines) is 1. The Morgan fingerprint density at radius 3 is 3.10 bits per heavy atom. The van der Waals surface area contributed by atoms with Crippen molar-refractivity contribution in [1.29, 1.82) is 0 Å². The Kier molecular flexibility index (Phi) is 4.58. The fourth-order valence-electron chi connectivity index (χ4n) is 4.02. The maximum Gasteiger partial charge on any atom is 0.303 e. The van der Waals surface area contributed by atoms with Crippen molar-refractivity contribution in [2.45, 2.75) is 50.2 Å². The van der Waals surface area contributed by atoms with E-state index in [9.17, 15) is 4.79 Å². The first-order chi connectivity index (χ1) is 9.67. The molecule has 0 aromatic carbocycles. The summed E-state index contributed by atoms with van der Waals surface area (Å²) < 4.78 is 6.10. The van der Waals surface area contributed by atoms with Crippen molar-refractivity contribution in [3.05, 3.63) is 0 Å². The fraction of sp³-hybridized carbons (Fsp3) is 0.933. The topological polar surface area (TPSA) is 49.8 Å². The molecule has 1 spiro atoms. The van der Waals surface area contributed by atoms with Crippen LogP contribution in [-0.4, -0.2) is 58.8 Å². The molecule has 3 heterocycles. The largest absolute Gasteiger partial charge is 0.481 e. The second-order valence-corrected chi connectivity index (χ2v) is 7.69. The second kappa shape index (κ2) is 6.24. The molecule has 3 saturated heterocycles. The number of hydrogen-bond acceptors (Lipinski definition) is 4. The van der Waals surface area contributed by atoms with Gasteiger partial charge in [-0.05, 0) is 50.3 Å². The van der Waals surface area contributed by atoms with Gasteiger partial charge in [0.05, 0.1) is 5.60 Å². The van der Waals surface area contributed by atoms with Crippen molar-refractivity contribution in [2.24, 2.45) is 5.92 Å². The number of thioether (sulfide) groups is 1. The maximum atomic E-state index is 10.9. The monoisotopic (exact) mass is 299 g/mol. The zero-order valence-corrected chi connectivity index (χ0v) is 12.9. The Balaban J connectivity index is 1.58. The molecule has 0 amide bonds. The van der Waals surface area contributed by atoms with Crippen molar-refractivity contribution in [3.8, 4) is 0 Å². The third-order valence-corrected chi connectivity index (χ3v) is 6.29. The molecule has 3 aliphatic heterocycles. The average Bonchev–Trinajstić information content (AvgIpc) is 2.86. The van der Waals surface area contributed by atoms with E-state index in [0.29, 0.717) is 18.4 Å². The molecule has 3 atom stereocenters. The van der Waals surface area contributed by atoms with E-state index in [1.165, 1.54) is 12.2 Å². The van der Waals surface area contributed by atoms with Gasteiger partial charge in [0, 0.05) is 31.4 Å². The summed E-state index contributed by atoms with van der Waals surface area (Å²) in [6, 6.07) is 0.610. The highest BCUT2D eigenvalue weighted by Gasteiger charge is 2.42. The molecule has 5 heteroatoms. The van der Waals surface area contributed by atoms with Crippen LogP contribution < -0.4 is 0 Å². The first kappa shape index (κ1) is 14.7. The predicted octanol–water partition coefficient (Wildman–Crippen LogP) is 2.23. The smallest absolute Gasteiger partial charge is 0.303 e.